The van der Waals surface area contributed by atoms with Crippen molar-refractivity contribution in [3.05, 3.63) is 40.2 Å². The number of hydrogen-bond donors (Lipinski definition) is 0. The maximum absolute atomic E-state index is 12.7. The van der Waals surface area contributed by atoms with Crippen LogP contribution in [-0.2, 0) is 18.4 Å². The van der Waals surface area contributed by atoms with E-state index in [9.17, 15) is 14.9 Å². The van der Waals surface area contributed by atoms with Gasteiger partial charge in [-0.25, -0.2) is 0 Å². The second kappa shape index (κ2) is 13.2. The number of aldehydes is 1. The van der Waals surface area contributed by atoms with Crippen LogP contribution in [0, 0.1) is 10.1 Å². The van der Waals surface area contributed by atoms with Crippen LogP contribution in [0.4, 0.5) is 5.69 Å². The highest BCUT2D eigenvalue weighted by atomic mass is 28.4. The minimum absolute atomic E-state index is 0.179. The van der Waals surface area contributed by atoms with Gasteiger partial charge in [-0.1, -0.05) is 83.1 Å². The molecule has 0 aliphatic carbocycles. The number of carbonyl (C=O) groups excluding carboxylic acids is 1. The molecular formula is C29H50N2O6Si2. The van der Waals surface area contributed by atoms with Gasteiger partial charge in [0, 0.05) is 6.20 Å². The minimum Gasteiger partial charge on any atom is -0.479 e. The first-order valence-corrected chi connectivity index (χ1v) is 18.6. The molecule has 39 heavy (non-hydrogen) atoms. The van der Waals surface area contributed by atoms with E-state index in [0.29, 0.717) is 33.2 Å². The maximum atomic E-state index is 12.7. The molecule has 3 atom stereocenters. The van der Waals surface area contributed by atoms with E-state index >= 15 is 0 Å². The zero-order chi connectivity index (χ0) is 29.9. The van der Waals surface area contributed by atoms with Gasteiger partial charge in [-0.2, -0.15) is 0 Å². The van der Waals surface area contributed by atoms with Crippen LogP contribution in [0.5, 0.6) is 0 Å². The topological polar surface area (TPSA) is 101 Å². The molecule has 0 amide bonds. The number of carbonyl (C=O) groups is 1. The lowest BCUT2D eigenvalue weighted by Crippen LogP contribution is -2.60. The Bertz CT molecular complexity index is 981. The molecule has 0 radical (unpaired) electrons. The van der Waals surface area contributed by atoms with Gasteiger partial charge in [-0.05, 0) is 45.4 Å². The normalized spacial score (nSPS) is 20.8. The van der Waals surface area contributed by atoms with Crippen molar-refractivity contribution in [2.24, 2.45) is 0 Å². The minimum atomic E-state index is -2.45. The van der Waals surface area contributed by atoms with Crippen molar-refractivity contribution >= 4 is 34.4 Å². The number of pyridine rings is 1. The fourth-order valence-electron chi connectivity index (χ4n) is 7.21. The fourth-order valence-corrected chi connectivity index (χ4v) is 18.3. The number of hydrogen-bond acceptors (Lipinski definition) is 7. The Balaban J connectivity index is 2.83. The Morgan fingerprint density at radius 1 is 0.872 bits per heavy atom. The highest BCUT2D eigenvalue weighted by Crippen LogP contribution is 2.48. The Morgan fingerprint density at radius 3 is 1.74 bits per heavy atom. The Hall–Kier alpha value is -1.89. The van der Waals surface area contributed by atoms with Crippen LogP contribution in [0.2, 0.25) is 33.2 Å². The number of rotatable bonds is 13. The summed E-state index contributed by atoms with van der Waals surface area (Å²) >= 11 is 0. The van der Waals surface area contributed by atoms with Gasteiger partial charge in [0.2, 0.25) is 16.6 Å². The van der Waals surface area contributed by atoms with Crippen LogP contribution in [0.3, 0.4) is 0 Å². The number of nitrogens with zero attached hydrogens (tertiary/aromatic N) is 2. The van der Waals surface area contributed by atoms with E-state index in [-0.39, 0.29) is 17.0 Å². The molecule has 0 bridgehead atoms. The molecule has 220 valence electrons. The third-order valence-corrected chi connectivity index (χ3v) is 20.9. The Morgan fingerprint density at radius 2 is 1.33 bits per heavy atom. The average molecular weight is 579 g/mol. The van der Waals surface area contributed by atoms with Crippen LogP contribution in [-0.4, -0.2) is 51.1 Å². The maximum Gasteiger partial charge on any atom is 0.298 e. The predicted molar refractivity (Wildman–Crippen MR) is 162 cm³/mol. The van der Waals surface area contributed by atoms with Crippen LogP contribution in [0.15, 0.2) is 24.5 Å². The lowest BCUT2D eigenvalue weighted by atomic mass is 10.0. The summed E-state index contributed by atoms with van der Waals surface area (Å²) in [6.07, 6.45) is 3.06. The van der Waals surface area contributed by atoms with Crippen LogP contribution in [0.1, 0.15) is 88.6 Å². The third kappa shape index (κ3) is 6.39. The van der Waals surface area contributed by atoms with Crippen molar-refractivity contribution in [2.75, 3.05) is 0 Å². The van der Waals surface area contributed by atoms with Gasteiger partial charge >= 0.3 is 0 Å². The first-order valence-electron chi connectivity index (χ1n) is 14.4. The monoisotopic (exact) mass is 578 g/mol. The van der Waals surface area contributed by atoms with E-state index < -0.39 is 39.9 Å². The molecule has 8 nitrogen and oxygen atoms in total. The second-order valence-electron chi connectivity index (χ2n) is 12.7. The van der Waals surface area contributed by atoms with E-state index in [2.05, 4.69) is 88.1 Å². The molecule has 0 saturated heterocycles. The summed E-state index contributed by atoms with van der Waals surface area (Å²) < 4.78 is 20.7. The zero-order valence-corrected chi connectivity index (χ0v) is 27.9. The van der Waals surface area contributed by atoms with Gasteiger partial charge in [0.05, 0.1) is 16.6 Å². The van der Waals surface area contributed by atoms with Crippen molar-refractivity contribution in [2.45, 2.75) is 135 Å². The van der Waals surface area contributed by atoms with E-state index in [1.807, 2.05) is 6.08 Å². The second-order valence-corrected chi connectivity index (χ2v) is 23.5. The van der Waals surface area contributed by atoms with Crippen molar-refractivity contribution in [1.29, 1.82) is 0 Å². The molecule has 0 aromatic carbocycles. The lowest BCUT2D eigenvalue weighted by Gasteiger charge is -2.50. The molecule has 1 aliphatic rings. The molecule has 0 fully saturated rings. The average Bonchev–Trinajstić information content (AvgIpc) is 2.84. The smallest absolute Gasteiger partial charge is 0.298 e. The lowest BCUT2D eigenvalue weighted by molar-refractivity contribution is -0.385. The fraction of sp³-hybridized carbons (Fsp3) is 0.724. The molecule has 2 heterocycles. The quantitative estimate of drug-likeness (QED) is 0.101. The molecular weight excluding hydrogens is 528 g/mol. The molecule has 10 heteroatoms. The predicted octanol–water partition coefficient (Wildman–Crippen LogP) is 8.05. The summed E-state index contributed by atoms with van der Waals surface area (Å²) in [5, 5.41) is 11.8. The molecule has 0 spiro atoms. The first-order chi connectivity index (χ1) is 18.1. The van der Waals surface area contributed by atoms with Gasteiger partial charge in [-0.3, -0.25) is 19.9 Å². The van der Waals surface area contributed by atoms with Gasteiger partial charge in [0.15, 0.2) is 12.4 Å². The Kier molecular flexibility index (Phi) is 11.3. The summed E-state index contributed by atoms with van der Waals surface area (Å²) in [5.74, 6) is 0.260. The molecule has 1 aliphatic heterocycles. The molecule has 0 unspecified atom stereocenters. The molecule has 1 aromatic heterocycles. The van der Waals surface area contributed by atoms with Gasteiger partial charge in [0.25, 0.3) is 5.69 Å². The van der Waals surface area contributed by atoms with Crippen LogP contribution >= 0.6 is 0 Å². The number of ether oxygens (including phenoxy) is 1. The summed E-state index contributed by atoms with van der Waals surface area (Å²) in [7, 11) is -4.90. The largest absolute Gasteiger partial charge is 0.479 e. The van der Waals surface area contributed by atoms with Crippen molar-refractivity contribution in [3.8, 4) is 0 Å². The standard InChI is InChI=1S/C29H50N2O6Si2/c1-18(2)38(19(3)4,20(5)6)36-27-15-26(24-13-14-30-16-25(24)31(33)34)35-28(17-32)29(27)37-39(21(7)8,22(9)10)23(11)12/h13-23,27-29H,1-12H3/t27-,28-,29+/m1/s1. The molecule has 2 rings (SSSR count). The van der Waals surface area contributed by atoms with Crippen LogP contribution < -0.4 is 0 Å². The molecule has 0 N–H and O–H groups in total. The van der Waals surface area contributed by atoms with Gasteiger partial charge in [-0.15, -0.1) is 0 Å². The third-order valence-electron chi connectivity index (χ3n) is 8.72. The van der Waals surface area contributed by atoms with Crippen molar-refractivity contribution in [1.82, 2.24) is 4.98 Å². The van der Waals surface area contributed by atoms with Crippen molar-refractivity contribution < 1.29 is 23.3 Å². The summed E-state index contributed by atoms with van der Waals surface area (Å²) in [6, 6.07) is 1.55. The van der Waals surface area contributed by atoms with Gasteiger partial charge < -0.3 is 13.6 Å². The van der Waals surface area contributed by atoms with E-state index in [1.54, 1.807) is 6.07 Å². The highest BCUT2D eigenvalue weighted by Gasteiger charge is 2.54. The summed E-state index contributed by atoms with van der Waals surface area (Å²) in [4.78, 5) is 28.0. The molecule has 1 aromatic rings. The van der Waals surface area contributed by atoms with Gasteiger partial charge in [0.1, 0.15) is 18.1 Å². The van der Waals surface area contributed by atoms with E-state index in [4.69, 9.17) is 13.6 Å². The summed E-state index contributed by atoms with van der Waals surface area (Å²) in [6.45, 7) is 26.5. The molecule has 0 saturated carbocycles. The first kappa shape index (κ1) is 33.3. The number of nitro groups is 1. The van der Waals surface area contributed by atoms with E-state index in [1.165, 1.54) is 12.4 Å². The van der Waals surface area contributed by atoms with Crippen molar-refractivity contribution in [3.63, 3.8) is 0 Å². The summed E-state index contributed by atoms with van der Waals surface area (Å²) in [5.41, 5.74) is 1.86. The SMILES string of the molecule is CC(C)[Si](O[C@@H]1[C@@H](C=O)OC(c2ccncc2[N+](=O)[O-])=C[C@H]1O[Si](C(C)C)(C(C)C)C(C)C)(C(C)C)C(C)C. The highest BCUT2D eigenvalue weighted by molar-refractivity contribution is 6.78. The number of aromatic nitrogens is 1. The van der Waals surface area contributed by atoms with Crippen LogP contribution in [0.25, 0.3) is 5.76 Å². The zero-order valence-electron chi connectivity index (χ0n) is 25.9. The van der Waals surface area contributed by atoms with E-state index in [0.717, 1.165) is 6.29 Å². The Labute approximate surface area is 237 Å².